The molecular formula is C35H30N2O6S2. The van der Waals surface area contributed by atoms with Gasteiger partial charge >= 0.3 is 10.8 Å². The molecule has 1 saturated heterocycles. The van der Waals surface area contributed by atoms with E-state index in [0.29, 0.717) is 17.9 Å². The van der Waals surface area contributed by atoms with E-state index in [-0.39, 0.29) is 52.2 Å². The zero-order chi connectivity index (χ0) is 30.8. The lowest BCUT2D eigenvalue weighted by atomic mass is 9.68. The standard InChI is InChI=1S/C35H30N2O6S2/c1-2-42-34(40)19-11-13-21(14-12-19)37-32(38)27-23-16-24(28(27)33(37)39)29-26(23)25(30-31(44-29)36-35(41)45-30)20-9-6-10-22(15-20)43-17-18-7-4-3-5-8-18/h3-15,23-29H,2,16-17H2,1H3,(H,36,41)/t23-,24-,25+,26+,27+,28+,29-/m1/s1. The van der Waals surface area contributed by atoms with Gasteiger partial charge in [-0.2, -0.15) is 0 Å². The number of amides is 2. The average Bonchev–Trinajstić information content (AvgIpc) is 3.79. The van der Waals surface area contributed by atoms with E-state index >= 15 is 0 Å². The molecule has 4 aliphatic rings. The minimum Gasteiger partial charge on any atom is -0.489 e. The highest BCUT2D eigenvalue weighted by molar-refractivity contribution is 8.00. The summed E-state index contributed by atoms with van der Waals surface area (Å²) in [6.07, 6.45) is 0.810. The van der Waals surface area contributed by atoms with Gasteiger partial charge in [-0.25, -0.2) is 4.79 Å². The molecule has 1 aromatic heterocycles. The number of thiazole rings is 1. The van der Waals surface area contributed by atoms with Crippen LogP contribution in [0.5, 0.6) is 5.75 Å². The van der Waals surface area contributed by atoms with Crippen molar-refractivity contribution in [2.75, 3.05) is 11.5 Å². The number of nitrogens with zero attached hydrogens (tertiary/aromatic N) is 1. The molecule has 45 heavy (non-hydrogen) atoms. The molecule has 3 fully saturated rings. The lowest BCUT2D eigenvalue weighted by Crippen LogP contribution is -2.42. The molecule has 4 aromatic rings. The van der Waals surface area contributed by atoms with Crippen molar-refractivity contribution in [3.05, 3.63) is 110 Å². The molecule has 2 saturated carbocycles. The Morgan fingerprint density at radius 3 is 2.44 bits per heavy atom. The van der Waals surface area contributed by atoms with Crippen LogP contribution in [0.3, 0.4) is 0 Å². The van der Waals surface area contributed by atoms with Gasteiger partial charge in [0.1, 0.15) is 12.4 Å². The Bertz CT molecular complexity index is 1870. The number of carbonyl (C=O) groups excluding carboxylic acids is 3. The Morgan fingerprint density at radius 1 is 0.933 bits per heavy atom. The van der Waals surface area contributed by atoms with Gasteiger partial charge in [0.05, 0.1) is 34.7 Å². The minimum atomic E-state index is -0.440. The van der Waals surface area contributed by atoms with Crippen LogP contribution in [0.1, 0.15) is 45.6 Å². The van der Waals surface area contributed by atoms with Gasteiger partial charge in [0, 0.05) is 16.0 Å². The SMILES string of the molecule is CCOC(=O)c1ccc(N2C(=O)[C@H]3[C@H]4C[C@@H]([C@@H]3C2=O)[C@H]2[C@H](c3cccc(OCc5ccccc5)c3)c3sc(=O)[nH]c3S[C@H]42)cc1. The van der Waals surface area contributed by atoms with Crippen LogP contribution in [-0.4, -0.2) is 34.6 Å². The summed E-state index contributed by atoms with van der Waals surface area (Å²) in [5, 5.41) is 0.968. The van der Waals surface area contributed by atoms with Gasteiger partial charge in [0.15, 0.2) is 0 Å². The van der Waals surface area contributed by atoms with Gasteiger partial charge in [-0.05, 0) is 78.6 Å². The zero-order valence-electron chi connectivity index (χ0n) is 24.4. The number of imide groups is 1. The predicted octanol–water partition coefficient (Wildman–Crippen LogP) is 5.87. The summed E-state index contributed by atoms with van der Waals surface area (Å²) in [6.45, 7) is 2.46. The van der Waals surface area contributed by atoms with E-state index in [2.05, 4.69) is 17.1 Å². The highest BCUT2D eigenvalue weighted by Gasteiger charge is 2.69. The Kier molecular flexibility index (Phi) is 6.94. The van der Waals surface area contributed by atoms with Crippen molar-refractivity contribution in [3.63, 3.8) is 0 Å². The molecule has 2 bridgehead atoms. The molecule has 8 rings (SSSR count). The third-order valence-electron chi connectivity index (χ3n) is 9.83. The molecular weight excluding hydrogens is 609 g/mol. The Balaban J connectivity index is 1.11. The second-order valence-corrected chi connectivity index (χ2v) is 14.3. The fourth-order valence-electron chi connectivity index (χ4n) is 8.14. The summed E-state index contributed by atoms with van der Waals surface area (Å²) in [4.78, 5) is 58.1. The Hall–Kier alpha value is -4.15. The maximum Gasteiger partial charge on any atom is 0.338 e. The molecule has 2 aliphatic heterocycles. The number of anilines is 1. The van der Waals surface area contributed by atoms with Crippen molar-refractivity contribution in [2.45, 2.75) is 36.1 Å². The first-order valence-electron chi connectivity index (χ1n) is 15.2. The molecule has 228 valence electrons. The number of H-pyrrole nitrogens is 1. The summed E-state index contributed by atoms with van der Waals surface area (Å²) in [5.41, 5.74) is 2.98. The number of carbonyl (C=O) groups is 3. The van der Waals surface area contributed by atoms with Crippen LogP contribution in [0.25, 0.3) is 0 Å². The summed E-state index contributed by atoms with van der Waals surface area (Å²) in [7, 11) is 0. The van der Waals surface area contributed by atoms with Crippen LogP contribution in [0.4, 0.5) is 5.69 Å². The number of fused-ring (bicyclic) bond motifs is 9. The quantitative estimate of drug-likeness (QED) is 0.199. The number of aromatic nitrogens is 1. The van der Waals surface area contributed by atoms with Crippen molar-refractivity contribution in [1.29, 1.82) is 0 Å². The molecule has 0 unspecified atom stereocenters. The first-order valence-corrected chi connectivity index (χ1v) is 16.9. The van der Waals surface area contributed by atoms with E-state index in [9.17, 15) is 19.2 Å². The normalized spacial score (nSPS) is 27.7. The van der Waals surface area contributed by atoms with E-state index in [1.165, 1.54) is 16.2 Å². The van der Waals surface area contributed by atoms with Crippen LogP contribution in [0, 0.1) is 29.6 Å². The maximum atomic E-state index is 14.1. The third-order valence-corrected chi connectivity index (χ3v) is 12.4. The van der Waals surface area contributed by atoms with Gasteiger partial charge < -0.3 is 14.5 Å². The van der Waals surface area contributed by atoms with Gasteiger partial charge in [0.2, 0.25) is 11.8 Å². The summed E-state index contributed by atoms with van der Waals surface area (Å²) >= 11 is 2.91. The van der Waals surface area contributed by atoms with E-state index in [1.807, 2.05) is 42.5 Å². The number of hydrogen-bond acceptors (Lipinski definition) is 8. The highest BCUT2D eigenvalue weighted by atomic mass is 32.2. The van der Waals surface area contributed by atoms with Crippen LogP contribution >= 0.6 is 23.1 Å². The largest absolute Gasteiger partial charge is 0.489 e. The van der Waals surface area contributed by atoms with Crippen molar-refractivity contribution in [2.24, 2.45) is 29.6 Å². The minimum absolute atomic E-state index is 0.00185. The number of ether oxygens (including phenoxy) is 2. The molecule has 3 heterocycles. The van der Waals surface area contributed by atoms with Crippen molar-refractivity contribution >= 4 is 46.6 Å². The number of esters is 1. The number of nitrogens with one attached hydrogen (secondary N) is 1. The van der Waals surface area contributed by atoms with Gasteiger partial charge in [-0.3, -0.25) is 19.3 Å². The molecule has 3 aromatic carbocycles. The molecule has 8 nitrogen and oxygen atoms in total. The molecule has 0 radical (unpaired) electrons. The first kappa shape index (κ1) is 28.3. The van der Waals surface area contributed by atoms with Gasteiger partial charge in [0.25, 0.3) is 0 Å². The number of thioether (sulfide) groups is 1. The molecule has 2 amide bonds. The number of aromatic amines is 1. The van der Waals surface area contributed by atoms with Crippen LogP contribution in [0.2, 0.25) is 0 Å². The van der Waals surface area contributed by atoms with Crippen LogP contribution < -0.4 is 14.5 Å². The highest BCUT2D eigenvalue weighted by Crippen LogP contribution is 2.68. The lowest BCUT2D eigenvalue weighted by molar-refractivity contribution is -0.123. The van der Waals surface area contributed by atoms with Crippen LogP contribution in [-0.2, 0) is 20.9 Å². The Labute approximate surface area is 267 Å². The predicted molar refractivity (Wildman–Crippen MR) is 171 cm³/mol. The fourth-order valence-corrected chi connectivity index (χ4v) is 11.0. The van der Waals surface area contributed by atoms with Crippen LogP contribution in [0.15, 0.2) is 88.7 Å². The maximum absolute atomic E-state index is 14.1. The third kappa shape index (κ3) is 4.56. The lowest BCUT2D eigenvalue weighted by Gasteiger charge is -2.43. The second kappa shape index (κ2) is 11.0. The van der Waals surface area contributed by atoms with E-state index < -0.39 is 17.8 Å². The number of benzene rings is 3. The van der Waals surface area contributed by atoms with E-state index in [0.717, 1.165) is 33.2 Å². The molecule has 1 N–H and O–H groups in total. The number of hydrogen-bond donors (Lipinski definition) is 1. The zero-order valence-corrected chi connectivity index (χ0v) is 26.0. The first-order chi connectivity index (χ1) is 21.9. The summed E-state index contributed by atoms with van der Waals surface area (Å²) < 4.78 is 11.3. The van der Waals surface area contributed by atoms with E-state index in [1.54, 1.807) is 43.0 Å². The van der Waals surface area contributed by atoms with Crippen molar-refractivity contribution < 1.29 is 23.9 Å². The topological polar surface area (TPSA) is 106 Å². The van der Waals surface area contributed by atoms with Gasteiger partial charge in [-0.1, -0.05) is 53.8 Å². The Morgan fingerprint density at radius 2 is 1.69 bits per heavy atom. The molecule has 2 aliphatic carbocycles. The second-order valence-electron chi connectivity index (χ2n) is 12.1. The summed E-state index contributed by atoms with van der Waals surface area (Å²) in [6, 6.07) is 24.6. The summed E-state index contributed by atoms with van der Waals surface area (Å²) in [5.74, 6) is -0.810. The molecule has 0 spiro atoms. The van der Waals surface area contributed by atoms with Gasteiger partial charge in [-0.15, -0.1) is 11.8 Å². The van der Waals surface area contributed by atoms with Crippen molar-refractivity contribution in [1.82, 2.24) is 4.98 Å². The number of rotatable bonds is 7. The van der Waals surface area contributed by atoms with E-state index in [4.69, 9.17) is 9.47 Å². The fraction of sp³-hybridized carbons (Fsp3) is 0.314. The molecule has 10 heteroatoms. The van der Waals surface area contributed by atoms with Crippen molar-refractivity contribution in [3.8, 4) is 5.75 Å². The average molecular weight is 639 g/mol. The smallest absolute Gasteiger partial charge is 0.338 e. The molecule has 7 atom stereocenters. The monoisotopic (exact) mass is 638 g/mol.